The van der Waals surface area contributed by atoms with Crippen molar-refractivity contribution >= 4 is 39.5 Å². The Morgan fingerprint density at radius 2 is 0.412 bits per heavy atom. The third kappa shape index (κ3) is 76.3. The van der Waals surface area contributed by atoms with E-state index >= 15 is 0 Å². The summed E-state index contributed by atoms with van der Waals surface area (Å²) in [7, 11) is -9.92. The van der Waals surface area contributed by atoms with Crippen LogP contribution in [0.3, 0.4) is 0 Å². The molecule has 0 aromatic heterocycles. The highest BCUT2D eigenvalue weighted by Crippen LogP contribution is 2.45. The Bertz CT molecular complexity index is 1990. The molecule has 0 fully saturated rings. The predicted octanol–water partition coefficient (Wildman–Crippen LogP) is 24.8. The molecule has 0 bridgehead atoms. The highest BCUT2D eigenvalue weighted by molar-refractivity contribution is 7.47. The van der Waals surface area contributed by atoms with Gasteiger partial charge in [0.2, 0.25) is 0 Å². The largest absolute Gasteiger partial charge is 0.472 e. The molecule has 0 aliphatic heterocycles. The molecular weight excluding hydrogens is 1330 g/mol. The van der Waals surface area contributed by atoms with Crippen molar-refractivity contribution in [1.29, 1.82) is 0 Å². The summed E-state index contributed by atoms with van der Waals surface area (Å²) < 4.78 is 68.8. The fourth-order valence-electron chi connectivity index (χ4n) is 12.8. The van der Waals surface area contributed by atoms with Crippen LogP contribution in [0.2, 0.25) is 0 Å². The number of hydrogen-bond donors (Lipinski definition) is 3. The maximum absolute atomic E-state index is 13.1. The number of aliphatic hydroxyl groups is 1. The molecule has 0 aromatic rings. The van der Waals surface area contributed by atoms with Gasteiger partial charge in [-0.2, -0.15) is 0 Å². The number of unbranched alkanes of at least 4 members (excludes halogenated alkanes) is 46. The first-order valence-corrected chi connectivity index (χ1v) is 45.7. The Balaban J connectivity index is 5.21. The monoisotopic (exact) mass is 1490 g/mol. The Morgan fingerprint density at radius 1 is 0.245 bits per heavy atom. The second-order valence-corrected chi connectivity index (χ2v) is 34.7. The van der Waals surface area contributed by atoms with Crippen LogP contribution in [0.25, 0.3) is 0 Å². The van der Waals surface area contributed by atoms with Gasteiger partial charge < -0.3 is 33.8 Å². The zero-order chi connectivity index (χ0) is 75.3. The molecule has 19 heteroatoms. The summed E-state index contributed by atoms with van der Waals surface area (Å²) in [5, 5.41) is 10.7. The number of ether oxygens (including phenoxy) is 4. The average molecular weight is 1490 g/mol. The van der Waals surface area contributed by atoms with Crippen molar-refractivity contribution in [3.63, 3.8) is 0 Å². The Hall–Kier alpha value is -1.94. The molecule has 0 aromatic carbocycles. The van der Waals surface area contributed by atoms with E-state index < -0.39 is 97.5 Å². The lowest BCUT2D eigenvalue weighted by Gasteiger charge is -2.21. The minimum Gasteiger partial charge on any atom is -0.462 e. The number of aliphatic hydroxyl groups excluding tert-OH is 1. The van der Waals surface area contributed by atoms with Crippen LogP contribution in [0.4, 0.5) is 0 Å². The molecule has 102 heavy (non-hydrogen) atoms. The standard InChI is InChI=1S/C83H162O17P2/c1-73(2)59-51-43-35-29-23-17-13-9-11-15-19-27-33-39-49-57-65-82(87)99-78(69-93-80(85)63-55-47-38-32-26-22-21-25-31-37-45-53-61-75(5)6)71-97-101(89,90)95-67-77(84)68-96-102(91,92)98-72-79(70-94-81(86)64-56-48-42-41-46-54-62-76(7)8)100-83(88)66-58-50-40-34-28-20-16-12-10-14-18-24-30-36-44-52-60-74(3)4/h73-79,84H,9-72H2,1-8H3,(H,89,90)(H,91,92)/t77?,78-,79-/m1/s1. The number of phosphoric ester groups is 2. The second kappa shape index (κ2) is 72.0. The van der Waals surface area contributed by atoms with Gasteiger partial charge in [0.25, 0.3) is 0 Å². The molecule has 3 N–H and O–H groups in total. The lowest BCUT2D eigenvalue weighted by Crippen LogP contribution is -2.30. The van der Waals surface area contributed by atoms with E-state index in [1.54, 1.807) is 0 Å². The van der Waals surface area contributed by atoms with Gasteiger partial charge in [-0.25, -0.2) is 9.13 Å². The van der Waals surface area contributed by atoms with Crippen LogP contribution in [-0.4, -0.2) is 96.7 Å². The van der Waals surface area contributed by atoms with E-state index in [0.29, 0.717) is 31.6 Å². The molecule has 0 rings (SSSR count). The number of carbonyl (C=O) groups is 4. The van der Waals surface area contributed by atoms with Crippen molar-refractivity contribution < 1.29 is 80.2 Å². The van der Waals surface area contributed by atoms with Gasteiger partial charge in [-0.15, -0.1) is 0 Å². The molecule has 0 saturated heterocycles. The van der Waals surface area contributed by atoms with Gasteiger partial charge in [0.05, 0.1) is 26.4 Å². The minimum absolute atomic E-state index is 0.107. The summed E-state index contributed by atoms with van der Waals surface area (Å²) in [5.41, 5.74) is 0. The van der Waals surface area contributed by atoms with E-state index in [4.69, 9.17) is 37.0 Å². The smallest absolute Gasteiger partial charge is 0.462 e. The van der Waals surface area contributed by atoms with Crippen LogP contribution < -0.4 is 0 Å². The van der Waals surface area contributed by atoms with Crippen LogP contribution in [0, 0.1) is 23.7 Å². The summed E-state index contributed by atoms with van der Waals surface area (Å²) in [4.78, 5) is 73.1. The predicted molar refractivity (Wildman–Crippen MR) is 418 cm³/mol. The van der Waals surface area contributed by atoms with E-state index in [2.05, 4.69) is 55.4 Å². The molecule has 0 aliphatic carbocycles. The Kier molecular flexibility index (Phi) is 70.6. The van der Waals surface area contributed by atoms with Crippen LogP contribution in [0.1, 0.15) is 428 Å². The topological polar surface area (TPSA) is 237 Å². The normalized spacial score (nSPS) is 14.0. The number of hydrogen-bond acceptors (Lipinski definition) is 15. The number of esters is 4. The Labute approximate surface area is 626 Å². The molecule has 0 amide bonds. The SMILES string of the molecule is CC(C)CCCCCCCCCCCCCCCCCCC(=O)O[C@H](COC(=O)CCCCCCCCCCCCCCC(C)C)COP(=O)(O)OCC(O)COP(=O)(O)OC[C@@H](COC(=O)CCCCCCCCC(C)C)OC(=O)CCCCCCCCCCCCCCCCCCC(C)C. The van der Waals surface area contributed by atoms with Gasteiger partial charge in [-0.3, -0.25) is 37.3 Å². The van der Waals surface area contributed by atoms with E-state index in [9.17, 15) is 43.2 Å². The third-order valence-corrected chi connectivity index (χ3v) is 21.2. The Morgan fingerprint density at radius 3 is 0.608 bits per heavy atom. The van der Waals surface area contributed by atoms with E-state index in [0.717, 1.165) is 114 Å². The van der Waals surface area contributed by atoms with Crippen LogP contribution in [-0.2, 0) is 65.4 Å². The maximum atomic E-state index is 13.1. The second-order valence-electron chi connectivity index (χ2n) is 31.8. The van der Waals surface area contributed by atoms with E-state index in [1.807, 2.05) is 0 Å². The highest BCUT2D eigenvalue weighted by Gasteiger charge is 2.30. The van der Waals surface area contributed by atoms with Crippen molar-refractivity contribution in [2.45, 2.75) is 446 Å². The fraction of sp³-hybridized carbons (Fsp3) is 0.952. The molecule has 0 spiro atoms. The van der Waals surface area contributed by atoms with Gasteiger partial charge in [-0.05, 0) is 49.4 Å². The quantitative estimate of drug-likeness (QED) is 0.0222. The lowest BCUT2D eigenvalue weighted by molar-refractivity contribution is -0.161. The van der Waals surface area contributed by atoms with Crippen LogP contribution in [0.15, 0.2) is 0 Å². The summed E-state index contributed by atoms with van der Waals surface area (Å²) >= 11 is 0. The molecule has 0 saturated carbocycles. The minimum atomic E-state index is -4.96. The van der Waals surface area contributed by atoms with Crippen LogP contribution >= 0.6 is 15.6 Å². The summed E-state index contributed by atoms with van der Waals surface area (Å²) in [6.07, 6.45) is 59.9. The van der Waals surface area contributed by atoms with Gasteiger partial charge >= 0.3 is 39.5 Å². The zero-order valence-corrected chi connectivity index (χ0v) is 69.0. The molecule has 0 radical (unpaired) electrons. The summed E-state index contributed by atoms with van der Waals surface area (Å²) in [6, 6.07) is 0. The van der Waals surface area contributed by atoms with Gasteiger partial charge in [0.1, 0.15) is 19.3 Å². The molecule has 0 heterocycles. The molecule has 606 valence electrons. The molecule has 5 atom stereocenters. The molecule has 0 aliphatic rings. The van der Waals surface area contributed by atoms with Gasteiger partial charge in [-0.1, -0.05) is 376 Å². The van der Waals surface area contributed by atoms with Crippen molar-refractivity contribution in [2.75, 3.05) is 39.6 Å². The first kappa shape index (κ1) is 100. The molecular formula is C83H162O17P2. The third-order valence-electron chi connectivity index (χ3n) is 19.3. The summed E-state index contributed by atoms with van der Waals surface area (Å²) in [5.74, 6) is 0.967. The highest BCUT2D eigenvalue weighted by atomic mass is 31.2. The van der Waals surface area contributed by atoms with Crippen molar-refractivity contribution in [1.82, 2.24) is 0 Å². The van der Waals surface area contributed by atoms with E-state index in [1.165, 1.54) is 225 Å². The van der Waals surface area contributed by atoms with Gasteiger partial charge in [0.15, 0.2) is 12.2 Å². The zero-order valence-electron chi connectivity index (χ0n) is 67.2. The van der Waals surface area contributed by atoms with Crippen LogP contribution in [0.5, 0.6) is 0 Å². The fourth-order valence-corrected chi connectivity index (χ4v) is 14.4. The van der Waals surface area contributed by atoms with Crippen molar-refractivity contribution in [3.8, 4) is 0 Å². The lowest BCUT2D eigenvalue weighted by atomic mass is 10.0. The average Bonchev–Trinajstić information content (AvgIpc) is 0.912. The van der Waals surface area contributed by atoms with Crippen molar-refractivity contribution in [3.05, 3.63) is 0 Å². The number of phosphoric acid groups is 2. The molecule has 17 nitrogen and oxygen atoms in total. The number of rotatable bonds is 80. The maximum Gasteiger partial charge on any atom is 0.472 e. The summed E-state index contributed by atoms with van der Waals surface area (Å²) in [6.45, 7) is 14.2. The van der Waals surface area contributed by atoms with E-state index in [-0.39, 0.29) is 25.7 Å². The first-order chi connectivity index (χ1) is 49.1. The number of carbonyl (C=O) groups excluding carboxylic acids is 4. The van der Waals surface area contributed by atoms with Gasteiger partial charge in [0, 0.05) is 25.7 Å². The first-order valence-electron chi connectivity index (χ1n) is 42.7. The van der Waals surface area contributed by atoms with Crippen molar-refractivity contribution in [2.24, 2.45) is 23.7 Å². The molecule has 3 unspecified atom stereocenters.